The van der Waals surface area contributed by atoms with Gasteiger partial charge in [-0.1, -0.05) is 23.4 Å². The summed E-state index contributed by atoms with van der Waals surface area (Å²) in [6.45, 7) is 0.955. The highest BCUT2D eigenvalue weighted by molar-refractivity contribution is 5.99. The number of amides is 3. The molecule has 0 saturated heterocycles. The molecule has 3 amide bonds. The number of urea groups is 1. The third-order valence-electron chi connectivity index (χ3n) is 9.08. The van der Waals surface area contributed by atoms with Crippen molar-refractivity contribution in [1.82, 2.24) is 15.0 Å². The molecule has 2 fully saturated rings. The Morgan fingerprint density at radius 3 is 2.49 bits per heavy atom. The Bertz CT molecular complexity index is 1600. The third kappa shape index (κ3) is 9.89. The van der Waals surface area contributed by atoms with Crippen molar-refractivity contribution in [2.24, 2.45) is 11.8 Å². The second kappa shape index (κ2) is 16.2. The van der Waals surface area contributed by atoms with Crippen molar-refractivity contribution in [3.05, 3.63) is 75.8 Å². The maximum absolute atomic E-state index is 13.8. The van der Waals surface area contributed by atoms with Crippen LogP contribution in [0.1, 0.15) is 74.7 Å². The number of aromatic amines is 1. The summed E-state index contributed by atoms with van der Waals surface area (Å²) in [7, 11) is 0. The van der Waals surface area contributed by atoms with Gasteiger partial charge in [0.2, 0.25) is 0 Å². The number of ether oxygens (including phenoxy) is 1. The number of hydrogen-bond acceptors (Lipinski definition) is 8. The van der Waals surface area contributed by atoms with Gasteiger partial charge in [0.25, 0.3) is 0 Å². The second-order valence-corrected chi connectivity index (χ2v) is 12.5. The summed E-state index contributed by atoms with van der Waals surface area (Å²) in [5.74, 6) is 0.440. The van der Waals surface area contributed by atoms with Crippen LogP contribution in [0.2, 0.25) is 0 Å². The Balaban J connectivity index is 0.000000371. The highest BCUT2D eigenvalue weighted by atomic mass is 19.1. The first-order valence-electron chi connectivity index (χ1n) is 16.3. The van der Waals surface area contributed by atoms with Crippen LogP contribution in [0.15, 0.2) is 51.8 Å². The summed E-state index contributed by atoms with van der Waals surface area (Å²) in [5.41, 5.74) is 2.73. The minimum atomic E-state index is -0.543. The fourth-order valence-corrected chi connectivity index (χ4v) is 6.40. The van der Waals surface area contributed by atoms with Crippen molar-refractivity contribution in [3.8, 4) is 6.07 Å². The molecule has 1 aromatic heterocycles. The minimum absolute atomic E-state index is 0.0880. The number of nitrogens with one attached hydrogen (secondary N) is 3. The quantitative estimate of drug-likeness (QED) is 0.256. The molecule has 250 valence electrons. The number of aromatic nitrogens is 2. The molecule has 2 saturated carbocycles. The fourth-order valence-electron chi connectivity index (χ4n) is 6.40. The van der Waals surface area contributed by atoms with Crippen LogP contribution < -0.4 is 16.4 Å². The van der Waals surface area contributed by atoms with Crippen LogP contribution in [0.25, 0.3) is 0 Å². The number of rotatable bonds is 6. The number of carbonyl (C=O) groups excluding carboxylic acids is 2. The van der Waals surface area contributed by atoms with Crippen LogP contribution in [0.5, 0.6) is 0 Å². The molecule has 1 aliphatic heterocycles. The molecule has 3 aromatic rings. The van der Waals surface area contributed by atoms with E-state index in [1.54, 1.807) is 23.1 Å². The van der Waals surface area contributed by atoms with Gasteiger partial charge in [-0.15, -0.1) is 0 Å². The zero-order chi connectivity index (χ0) is 33.2. The van der Waals surface area contributed by atoms with Crippen LogP contribution in [0, 0.1) is 29.0 Å². The molecule has 0 unspecified atom stereocenters. The van der Waals surface area contributed by atoms with E-state index in [0.29, 0.717) is 55.7 Å². The highest BCUT2D eigenvalue weighted by Crippen LogP contribution is 2.30. The first-order chi connectivity index (χ1) is 22.7. The minimum Gasteiger partial charge on any atom is -0.446 e. The monoisotopic (exact) mass is 648 g/mol. The molecule has 0 radical (unpaired) electrons. The molecule has 0 spiro atoms. The number of halogens is 1. The van der Waals surface area contributed by atoms with E-state index in [2.05, 4.69) is 31.4 Å². The predicted molar refractivity (Wildman–Crippen MR) is 171 cm³/mol. The second-order valence-electron chi connectivity index (χ2n) is 12.5. The molecule has 47 heavy (non-hydrogen) atoms. The van der Waals surface area contributed by atoms with Gasteiger partial charge >= 0.3 is 17.9 Å². The topological polar surface area (TPSA) is 174 Å². The number of nitriles is 1. The van der Waals surface area contributed by atoms with E-state index in [4.69, 9.17) is 15.1 Å². The first-order valence-corrected chi connectivity index (χ1v) is 16.3. The van der Waals surface area contributed by atoms with Gasteiger partial charge < -0.3 is 25.4 Å². The number of para-hydroxylation sites is 1. The number of anilines is 2. The molecule has 2 aliphatic carbocycles. The van der Waals surface area contributed by atoms with Crippen molar-refractivity contribution in [3.63, 3.8) is 0 Å². The Labute approximate surface area is 272 Å². The van der Waals surface area contributed by atoms with Gasteiger partial charge in [0, 0.05) is 31.6 Å². The lowest BCUT2D eigenvalue weighted by Gasteiger charge is -2.32. The molecule has 2 heterocycles. The van der Waals surface area contributed by atoms with Gasteiger partial charge in [-0.25, -0.2) is 18.8 Å². The molecule has 2 aromatic carbocycles. The van der Waals surface area contributed by atoms with Gasteiger partial charge in [0.15, 0.2) is 5.82 Å². The molecule has 6 rings (SSSR count). The van der Waals surface area contributed by atoms with E-state index in [1.165, 1.54) is 12.1 Å². The standard InChI is InChI=1S/C26H28FN5O5.C8H13NO/c27-21-3-1-2-4-22(21)29-24(33)28-19-8-7-18-15-32(12-11-17(18)14-19)26(35)36-20-9-5-16(6-10-20)13-23-30-25(34)37-31-23;9-6-5-7-1-3-8(10)4-2-7/h1-4,7-8,14,16,20H,5-6,9-13,15H2,(H2,28,29,33)(H,30,31,34);7-8,10H,1-5H2. The van der Waals surface area contributed by atoms with Gasteiger partial charge in [-0.2, -0.15) is 5.26 Å². The number of fused-ring (bicyclic) bond motifs is 1. The molecule has 12 nitrogen and oxygen atoms in total. The summed E-state index contributed by atoms with van der Waals surface area (Å²) in [6.07, 6.45) is 8.60. The van der Waals surface area contributed by atoms with Crippen LogP contribution in [0.4, 0.5) is 25.4 Å². The average molecular weight is 649 g/mol. The summed E-state index contributed by atoms with van der Waals surface area (Å²) in [4.78, 5) is 40.4. The van der Waals surface area contributed by atoms with Crippen molar-refractivity contribution in [1.29, 1.82) is 5.26 Å². The van der Waals surface area contributed by atoms with Crippen molar-refractivity contribution in [2.75, 3.05) is 17.2 Å². The Kier molecular flexibility index (Phi) is 11.6. The van der Waals surface area contributed by atoms with Crippen LogP contribution in [-0.2, 0) is 24.1 Å². The van der Waals surface area contributed by atoms with Gasteiger partial charge in [0.1, 0.15) is 11.9 Å². The Hall–Kier alpha value is -4.70. The van der Waals surface area contributed by atoms with E-state index >= 15 is 0 Å². The van der Waals surface area contributed by atoms with Gasteiger partial charge in [-0.05, 0) is 105 Å². The lowest BCUT2D eigenvalue weighted by atomic mass is 9.85. The van der Waals surface area contributed by atoms with Crippen molar-refractivity contribution in [2.45, 2.75) is 89.4 Å². The number of benzene rings is 2. The van der Waals surface area contributed by atoms with E-state index in [0.717, 1.165) is 62.5 Å². The SMILES string of the molecule is N#CCC1CCC(O)CC1.O=C(Nc1ccc2c(c1)CCN(C(=O)OC1CCC(Cc3noc(=O)[nH]3)CC1)C2)Nc1ccccc1F. The van der Waals surface area contributed by atoms with Crippen LogP contribution in [0.3, 0.4) is 0 Å². The average Bonchev–Trinajstić information content (AvgIpc) is 3.48. The zero-order valence-electron chi connectivity index (χ0n) is 26.3. The maximum Gasteiger partial charge on any atom is 0.438 e. The number of aliphatic hydroxyl groups is 1. The normalized spacial score (nSPS) is 22.1. The summed E-state index contributed by atoms with van der Waals surface area (Å²) in [6, 6.07) is 13.1. The zero-order valence-corrected chi connectivity index (χ0v) is 26.3. The largest absolute Gasteiger partial charge is 0.446 e. The molecule has 0 atom stereocenters. The van der Waals surface area contributed by atoms with Gasteiger partial charge in [-0.3, -0.25) is 9.51 Å². The predicted octanol–water partition coefficient (Wildman–Crippen LogP) is 5.89. The van der Waals surface area contributed by atoms with Crippen LogP contribution in [-0.4, -0.2) is 51.0 Å². The summed E-state index contributed by atoms with van der Waals surface area (Å²) >= 11 is 0. The first kappa shape index (κ1) is 33.7. The van der Waals surface area contributed by atoms with Gasteiger partial charge in [0.05, 0.1) is 17.9 Å². The number of aliphatic hydroxyl groups excluding tert-OH is 1. The number of nitrogens with zero attached hydrogens (tertiary/aromatic N) is 3. The van der Waals surface area contributed by atoms with E-state index < -0.39 is 17.6 Å². The number of H-pyrrole nitrogens is 1. The van der Waals surface area contributed by atoms with Crippen molar-refractivity contribution < 1.29 is 28.3 Å². The fraction of sp³-hybridized carbons (Fsp3) is 0.500. The molecule has 3 aliphatic rings. The Morgan fingerprint density at radius 1 is 1.04 bits per heavy atom. The highest BCUT2D eigenvalue weighted by Gasteiger charge is 2.28. The van der Waals surface area contributed by atoms with Crippen LogP contribution >= 0.6 is 0 Å². The number of hydrogen-bond donors (Lipinski definition) is 4. The molecule has 4 N–H and O–H groups in total. The molecule has 13 heteroatoms. The number of carbonyl (C=O) groups is 2. The summed E-state index contributed by atoms with van der Waals surface area (Å²) < 4.78 is 24.1. The third-order valence-corrected chi connectivity index (χ3v) is 9.08. The van der Waals surface area contributed by atoms with Crippen molar-refractivity contribution >= 4 is 23.5 Å². The molecular formula is C34H41FN6O6. The molecule has 0 bridgehead atoms. The van der Waals surface area contributed by atoms with E-state index in [9.17, 15) is 18.8 Å². The smallest absolute Gasteiger partial charge is 0.438 e. The van der Waals surface area contributed by atoms with E-state index in [1.807, 2.05) is 12.1 Å². The van der Waals surface area contributed by atoms with E-state index in [-0.39, 0.29) is 24.0 Å². The Morgan fingerprint density at radius 2 is 1.79 bits per heavy atom. The maximum atomic E-state index is 13.8. The summed E-state index contributed by atoms with van der Waals surface area (Å²) in [5, 5.41) is 26.4. The lowest BCUT2D eigenvalue weighted by Crippen LogP contribution is -2.39. The molecular weight excluding hydrogens is 607 g/mol. The lowest BCUT2D eigenvalue weighted by molar-refractivity contribution is 0.0350.